The summed E-state index contributed by atoms with van der Waals surface area (Å²) in [6.45, 7) is -0.102. The summed E-state index contributed by atoms with van der Waals surface area (Å²) in [4.78, 5) is 39.9. The summed E-state index contributed by atoms with van der Waals surface area (Å²) in [5, 5.41) is 3.29. The van der Waals surface area contributed by atoms with Crippen molar-refractivity contribution >= 4 is 61.3 Å². The highest BCUT2D eigenvalue weighted by atomic mass is 79.9. The number of hydrogen-bond donors (Lipinski definition) is 2. The summed E-state index contributed by atoms with van der Waals surface area (Å²) in [6, 6.07) is 3.51. The first-order chi connectivity index (χ1) is 12.9. The van der Waals surface area contributed by atoms with Crippen LogP contribution in [0.15, 0.2) is 15.9 Å². The molecule has 9 heteroatoms. The normalized spacial score (nSPS) is 13.6. The Balaban J connectivity index is 1.72. The number of carbonyl (C=O) groups excluding carboxylic acids is 3. The summed E-state index contributed by atoms with van der Waals surface area (Å²) in [6.07, 6.45) is 4.94. The van der Waals surface area contributed by atoms with Gasteiger partial charge in [0.1, 0.15) is 5.00 Å². The van der Waals surface area contributed by atoms with Crippen LogP contribution in [0.4, 0.5) is 5.00 Å². The highest BCUT2D eigenvalue weighted by Crippen LogP contribution is 2.37. The SMILES string of the molecule is CN(CC(=O)Nc1sc2c(c1C(N)=O)CCCCC2)C(=O)c1ccc(Br)s1. The molecule has 144 valence electrons. The lowest BCUT2D eigenvalue weighted by atomic mass is 10.1. The first-order valence-corrected chi connectivity index (χ1v) is 11.0. The number of primary amides is 1. The zero-order valence-corrected chi connectivity index (χ0v) is 18.1. The zero-order chi connectivity index (χ0) is 19.6. The van der Waals surface area contributed by atoms with E-state index in [0.29, 0.717) is 15.4 Å². The van der Waals surface area contributed by atoms with Gasteiger partial charge in [-0.1, -0.05) is 6.42 Å². The van der Waals surface area contributed by atoms with Crippen molar-refractivity contribution in [1.82, 2.24) is 4.90 Å². The Labute approximate surface area is 173 Å². The molecule has 1 aliphatic rings. The van der Waals surface area contributed by atoms with E-state index in [1.165, 1.54) is 27.6 Å². The summed E-state index contributed by atoms with van der Waals surface area (Å²) >= 11 is 6.07. The lowest BCUT2D eigenvalue weighted by Gasteiger charge is -2.15. The predicted molar refractivity (Wildman–Crippen MR) is 112 cm³/mol. The molecule has 2 heterocycles. The van der Waals surface area contributed by atoms with Crippen LogP contribution >= 0.6 is 38.6 Å². The molecule has 0 atom stereocenters. The molecular weight excluding hydrogens is 450 g/mol. The molecular formula is C18H20BrN3O3S2. The summed E-state index contributed by atoms with van der Waals surface area (Å²) in [5.41, 5.74) is 7.00. The molecule has 6 nitrogen and oxygen atoms in total. The topological polar surface area (TPSA) is 92.5 Å². The summed E-state index contributed by atoms with van der Waals surface area (Å²) < 4.78 is 0.856. The second-order valence-corrected chi connectivity index (χ2v) is 10.0. The Bertz CT molecular complexity index is 891. The van der Waals surface area contributed by atoms with Crippen molar-refractivity contribution in [3.05, 3.63) is 36.8 Å². The lowest BCUT2D eigenvalue weighted by molar-refractivity contribution is -0.116. The molecule has 0 spiro atoms. The number of anilines is 1. The molecule has 3 amide bonds. The minimum Gasteiger partial charge on any atom is -0.365 e. The van der Waals surface area contributed by atoms with Crippen molar-refractivity contribution in [2.75, 3.05) is 18.9 Å². The largest absolute Gasteiger partial charge is 0.365 e. The van der Waals surface area contributed by atoms with Gasteiger partial charge < -0.3 is 16.0 Å². The van der Waals surface area contributed by atoms with Crippen LogP contribution < -0.4 is 11.1 Å². The fourth-order valence-electron chi connectivity index (χ4n) is 3.16. The van der Waals surface area contributed by atoms with Gasteiger partial charge in [0.25, 0.3) is 11.8 Å². The van der Waals surface area contributed by atoms with Crippen molar-refractivity contribution in [3.8, 4) is 0 Å². The molecule has 0 saturated heterocycles. The average molecular weight is 470 g/mol. The molecule has 27 heavy (non-hydrogen) atoms. The molecule has 2 aromatic heterocycles. The number of rotatable bonds is 5. The van der Waals surface area contributed by atoms with E-state index < -0.39 is 5.91 Å². The Morgan fingerprint density at radius 2 is 1.93 bits per heavy atom. The fraction of sp³-hybridized carbons (Fsp3) is 0.389. The second kappa shape index (κ2) is 8.53. The van der Waals surface area contributed by atoms with Gasteiger partial charge in [0.15, 0.2) is 0 Å². The van der Waals surface area contributed by atoms with E-state index >= 15 is 0 Å². The van der Waals surface area contributed by atoms with Crippen LogP contribution in [0.3, 0.4) is 0 Å². The number of aryl methyl sites for hydroxylation is 1. The third-order valence-corrected chi connectivity index (χ3v) is 7.25. The van der Waals surface area contributed by atoms with Crippen molar-refractivity contribution < 1.29 is 14.4 Å². The fourth-order valence-corrected chi connectivity index (χ4v) is 5.85. The van der Waals surface area contributed by atoms with Crippen LogP contribution in [-0.4, -0.2) is 36.2 Å². The molecule has 3 rings (SSSR count). The summed E-state index contributed by atoms with van der Waals surface area (Å²) in [7, 11) is 1.58. The maximum absolute atomic E-state index is 12.5. The van der Waals surface area contributed by atoms with Crippen molar-refractivity contribution in [2.24, 2.45) is 5.73 Å². The molecule has 0 bridgehead atoms. The van der Waals surface area contributed by atoms with Crippen LogP contribution in [-0.2, 0) is 17.6 Å². The van der Waals surface area contributed by atoms with Gasteiger partial charge in [0.2, 0.25) is 5.91 Å². The van der Waals surface area contributed by atoms with Crippen LogP contribution in [0.1, 0.15) is 49.7 Å². The summed E-state index contributed by atoms with van der Waals surface area (Å²) in [5.74, 6) is -1.09. The number of amides is 3. The smallest absolute Gasteiger partial charge is 0.264 e. The molecule has 1 aliphatic carbocycles. The average Bonchev–Trinajstić information content (AvgIpc) is 3.10. The predicted octanol–water partition coefficient (Wildman–Crippen LogP) is 3.65. The monoisotopic (exact) mass is 469 g/mol. The van der Waals surface area contributed by atoms with E-state index in [2.05, 4.69) is 21.2 Å². The second-order valence-electron chi connectivity index (χ2n) is 6.45. The number of nitrogens with one attached hydrogen (secondary N) is 1. The number of likely N-dealkylation sites (N-methyl/N-ethyl adjacent to an activating group) is 1. The van der Waals surface area contributed by atoms with E-state index in [-0.39, 0.29) is 18.4 Å². The van der Waals surface area contributed by atoms with E-state index in [4.69, 9.17) is 5.73 Å². The third kappa shape index (κ3) is 4.59. The van der Waals surface area contributed by atoms with Crippen molar-refractivity contribution in [3.63, 3.8) is 0 Å². The van der Waals surface area contributed by atoms with E-state index in [1.54, 1.807) is 19.2 Å². The van der Waals surface area contributed by atoms with Crippen molar-refractivity contribution in [1.29, 1.82) is 0 Å². The Morgan fingerprint density at radius 1 is 1.19 bits per heavy atom. The van der Waals surface area contributed by atoms with E-state index in [0.717, 1.165) is 46.3 Å². The first-order valence-electron chi connectivity index (χ1n) is 8.61. The van der Waals surface area contributed by atoms with E-state index in [9.17, 15) is 14.4 Å². The molecule has 2 aromatic rings. The van der Waals surface area contributed by atoms with Gasteiger partial charge in [-0.3, -0.25) is 14.4 Å². The number of halogens is 1. The van der Waals surface area contributed by atoms with Crippen LogP contribution in [0.5, 0.6) is 0 Å². The van der Waals surface area contributed by atoms with Gasteiger partial charge in [-0.2, -0.15) is 0 Å². The number of nitrogens with zero attached hydrogens (tertiary/aromatic N) is 1. The number of fused-ring (bicyclic) bond motifs is 1. The van der Waals surface area contributed by atoms with Gasteiger partial charge in [-0.05, 0) is 59.3 Å². The molecule has 0 aromatic carbocycles. The molecule has 0 saturated carbocycles. The number of carbonyl (C=O) groups is 3. The molecule has 0 fully saturated rings. The third-order valence-electron chi connectivity index (χ3n) is 4.43. The van der Waals surface area contributed by atoms with Gasteiger partial charge in [0.05, 0.1) is 20.8 Å². The van der Waals surface area contributed by atoms with Gasteiger partial charge >= 0.3 is 0 Å². The minimum absolute atomic E-state index is 0.102. The quantitative estimate of drug-likeness (QED) is 0.654. The van der Waals surface area contributed by atoms with Crippen LogP contribution in [0, 0.1) is 0 Å². The van der Waals surface area contributed by atoms with Crippen LogP contribution in [0.25, 0.3) is 0 Å². The molecule has 3 N–H and O–H groups in total. The van der Waals surface area contributed by atoms with Gasteiger partial charge in [0, 0.05) is 11.9 Å². The van der Waals surface area contributed by atoms with Crippen LogP contribution in [0.2, 0.25) is 0 Å². The lowest BCUT2D eigenvalue weighted by Crippen LogP contribution is -2.34. The van der Waals surface area contributed by atoms with Gasteiger partial charge in [-0.25, -0.2) is 0 Å². The Hall–Kier alpha value is -1.71. The highest BCUT2D eigenvalue weighted by molar-refractivity contribution is 9.11. The van der Waals surface area contributed by atoms with Crippen molar-refractivity contribution in [2.45, 2.75) is 32.1 Å². The zero-order valence-electron chi connectivity index (χ0n) is 14.8. The highest BCUT2D eigenvalue weighted by Gasteiger charge is 2.25. The standard InChI is InChI=1S/C18H20BrN3O3S2/c1-22(18(25)12-7-8-13(19)26-12)9-14(23)21-17-15(16(20)24)10-5-3-2-4-6-11(10)27-17/h7-8H,2-6,9H2,1H3,(H2,20,24)(H,21,23). The first kappa shape index (κ1) is 20.0. The number of thiophene rings is 2. The molecule has 0 radical (unpaired) electrons. The molecule has 0 aliphatic heterocycles. The van der Waals surface area contributed by atoms with Gasteiger partial charge in [-0.15, -0.1) is 22.7 Å². The molecule has 0 unspecified atom stereocenters. The maximum atomic E-state index is 12.5. The Morgan fingerprint density at radius 3 is 2.59 bits per heavy atom. The minimum atomic E-state index is -0.516. The van der Waals surface area contributed by atoms with E-state index in [1.807, 2.05) is 0 Å². The Kier molecular flexibility index (Phi) is 6.33. The number of nitrogens with two attached hydrogens (primary N) is 1. The maximum Gasteiger partial charge on any atom is 0.264 e. The number of hydrogen-bond acceptors (Lipinski definition) is 5.